The Morgan fingerprint density at radius 3 is 2.83 bits per heavy atom. The second-order valence-electron chi connectivity index (χ2n) is 4.01. The van der Waals surface area contributed by atoms with Crippen LogP contribution in [0.2, 0.25) is 0 Å². The van der Waals surface area contributed by atoms with Crippen molar-refractivity contribution >= 4 is 10.0 Å². The number of hydrogen-bond donors (Lipinski definition) is 2. The first kappa shape index (κ1) is 15.1. The minimum Gasteiger partial charge on any atom is -0.379 e. The van der Waals surface area contributed by atoms with Gasteiger partial charge in [-0.1, -0.05) is 0 Å². The third kappa shape index (κ3) is 5.13. The zero-order valence-corrected chi connectivity index (χ0v) is 11.5. The van der Waals surface area contributed by atoms with E-state index in [1.807, 2.05) is 0 Å². The third-order valence-corrected chi connectivity index (χ3v) is 3.76. The lowest BCUT2D eigenvalue weighted by Crippen LogP contribution is -2.31. The molecule has 0 spiro atoms. The highest BCUT2D eigenvalue weighted by Crippen LogP contribution is 2.11. The van der Waals surface area contributed by atoms with Crippen molar-refractivity contribution in [3.8, 4) is 0 Å². The smallest absolute Gasteiger partial charge is 0.214 e. The van der Waals surface area contributed by atoms with Crippen LogP contribution in [0.15, 0.2) is 12.4 Å². The molecule has 1 atom stereocenters. The lowest BCUT2D eigenvalue weighted by Gasteiger charge is -2.12. The normalized spacial score (nSPS) is 13.7. The number of rotatable bonds is 8. The molecule has 0 saturated heterocycles. The monoisotopic (exact) mass is 276 g/mol. The molecule has 1 aromatic heterocycles. The fourth-order valence-electron chi connectivity index (χ4n) is 1.41. The van der Waals surface area contributed by atoms with Crippen molar-refractivity contribution in [2.45, 2.75) is 13.0 Å². The summed E-state index contributed by atoms with van der Waals surface area (Å²) in [5.74, 6) is -0.0718. The van der Waals surface area contributed by atoms with Gasteiger partial charge in [0, 0.05) is 31.4 Å². The van der Waals surface area contributed by atoms with Crippen molar-refractivity contribution in [3.05, 3.63) is 18.0 Å². The highest BCUT2D eigenvalue weighted by molar-refractivity contribution is 7.89. The van der Waals surface area contributed by atoms with Crippen molar-refractivity contribution in [2.75, 3.05) is 25.5 Å². The molecule has 0 radical (unpaired) electrons. The van der Waals surface area contributed by atoms with Crippen LogP contribution in [0, 0.1) is 0 Å². The Bertz CT molecular complexity index is 457. The molecule has 0 aromatic carbocycles. The number of nitrogens with two attached hydrogens (primary N) is 1. The van der Waals surface area contributed by atoms with E-state index in [-0.39, 0.29) is 18.4 Å². The number of aromatic nitrogens is 2. The summed E-state index contributed by atoms with van der Waals surface area (Å²) in [5.41, 5.74) is 6.06. The zero-order chi connectivity index (χ0) is 13.6. The van der Waals surface area contributed by atoms with E-state index < -0.39 is 10.0 Å². The second-order valence-corrected chi connectivity index (χ2v) is 5.88. The molecule has 0 amide bonds. The van der Waals surface area contributed by atoms with Crippen LogP contribution in [0.25, 0.3) is 0 Å². The highest BCUT2D eigenvalue weighted by atomic mass is 32.2. The van der Waals surface area contributed by atoms with Crippen molar-refractivity contribution in [3.63, 3.8) is 0 Å². The molecule has 8 heteroatoms. The molecule has 0 bridgehead atoms. The van der Waals surface area contributed by atoms with Crippen molar-refractivity contribution in [1.82, 2.24) is 14.5 Å². The third-order valence-electron chi connectivity index (χ3n) is 2.34. The number of sulfonamides is 1. The summed E-state index contributed by atoms with van der Waals surface area (Å²) in [6.45, 7) is 2.68. The molecule has 1 unspecified atom stereocenters. The summed E-state index contributed by atoms with van der Waals surface area (Å²) in [5, 5.41) is 4.00. The van der Waals surface area contributed by atoms with Gasteiger partial charge in [0.25, 0.3) is 0 Å². The van der Waals surface area contributed by atoms with Crippen LogP contribution in [-0.2, 0) is 21.8 Å². The average Bonchev–Trinajstić information content (AvgIpc) is 2.71. The summed E-state index contributed by atoms with van der Waals surface area (Å²) < 4.78 is 32.7. The van der Waals surface area contributed by atoms with Gasteiger partial charge in [-0.05, 0) is 6.92 Å². The van der Waals surface area contributed by atoms with Crippen LogP contribution in [0.5, 0.6) is 0 Å². The molecular formula is C10H20N4O3S. The summed E-state index contributed by atoms with van der Waals surface area (Å²) in [6, 6.07) is -0.307. The Morgan fingerprint density at radius 1 is 1.56 bits per heavy atom. The molecular weight excluding hydrogens is 256 g/mol. The molecule has 0 saturated carbocycles. The standard InChI is InChI=1S/C10H20N4O3S/c1-9(10-7-12-14(2)8-10)13-18(15,16)6-5-17-4-3-11/h7-9,13H,3-6,11H2,1-2H3. The Balaban J connectivity index is 2.44. The van der Waals surface area contributed by atoms with Gasteiger partial charge in [0.1, 0.15) is 0 Å². The van der Waals surface area contributed by atoms with Gasteiger partial charge in [-0.15, -0.1) is 0 Å². The predicted octanol–water partition coefficient (Wildman–Crippen LogP) is -0.624. The second kappa shape index (κ2) is 6.83. The van der Waals surface area contributed by atoms with E-state index in [2.05, 4.69) is 9.82 Å². The topological polar surface area (TPSA) is 99.2 Å². The summed E-state index contributed by atoms with van der Waals surface area (Å²) >= 11 is 0. The first-order valence-corrected chi connectivity index (χ1v) is 7.36. The first-order chi connectivity index (χ1) is 8.44. The number of aryl methyl sites for hydroxylation is 1. The number of hydrogen-bond acceptors (Lipinski definition) is 5. The predicted molar refractivity (Wildman–Crippen MR) is 68.4 cm³/mol. The average molecular weight is 276 g/mol. The van der Waals surface area contributed by atoms with Gasteiger partial charge in [0.15, 0.2) is 0 Å². The first-order valence-electron chi connectivity index (χ1n) is 5.71. The summed E-state index contributed by atoms with van der Waals surface area (Å²) in [6.07, 6.45) is 3.41. The van der Waals surface area contributed by atoms with E-state index in [9.17, 15) is 8.42 Å². The lowest BCUT2D eigenvalue weighted by molar-refractivity contribution is 0.156. The molecule has 7 nitrogen and oxygen atoms in total. The maximum Gasteiger partial charge on any atom is 0.214 e. The number of nitrogens with zero attached hydrogens (tertiary/aromatic N) is 2. The zero-order valence-electron chi connectivity index (χ0n) is 10.7. The van der Waals surface area contributed by atoms with E-state index in [0.29, 0.717) is 13.2 Å². The molecule has 0 aliphatic heterocycles. The van der Waals surface area contributed by atoms with Gasteiger partial charge in [-0.3, -0.25) is 4.68 Å². The van der Waals surface area contributed by atoms with Crippen molar-refractivity contribution < 1.29 is 13.2 Å². The van der Waals surface area contributed by atoms with E-state index in [1.54, 1.807) is 31.0 Å². The Morgan fingerprint density at radius 2 is 2.28 bits per heavy atom. The molecule has 0 aliphatic carbocycles. The fraction of sp³-hybridized carbons (Fsp3) is 0.700. The van der Waals surface area contributed by atoms with Crippen LogP contribution in [0.1, 0.15) is 18.5 Å². The van der Waals surface area contributed by atoms with Crippen LogP contribution >= 0.6 is 0 Å². The van der Waals surface area contributed by atoms with Crippen molar-refractivity contribution in [1.29, 1.82) is 0 Å². The minimum absolute atomic E-state index is 0.0718. The van der Waals surface area contributed by atoms with Gasteiger partial charge < -0.3 is 10.5 Å². The van der Waals surface area contributed by atoms with Gasteiger partial charge in [-0.2, -0.15) is 5.10 Å². The maximum absolute atomic E-state index is 11.7. The molecule has 18 heavy (non-hydrogen) atoms. The fourth-order valence-corrected chi connectivity index (χ4v) is 2.54. The van der Waals surface area contributed by atoms with Gasteiger partial charge in [-0.25, -0.2) is 13.1 Å². The largest absolute Gasteiger partial charge is 0.379 e. The van der Waals surface area contributed by atoms with Crippen LogP contribution in [0.3, 0.4) is 0 Å². The number of nitrogens with one attached hydrogen (secondary N) is 1. The van der Waals surface area contributed by atoms with Crippen LogP contribution < -0.4 is 10.5 Å². The molecule has 104 valence electrons. The minimum atomic E-state index is -3.35. The molecule has 1 rings (SSSR count). The molecule has 1 heterocycles. The molecule has 0 fully saturated rings. The number of ether oxygens (including phenoxy) is 1. The van der Waals surface area contributed by atoms with E-state index in [4.69, 9.17) is 10.5 Å². The Labute approximate surface area is 107 Å². The van der Waals surface area contributed by atoms with E-state index in [1.165, 1.54) is 0 Å². The van der Waals surface area contributed by atoms with Gasteiger partial charge in [0.2, 0.25) is 10.0 Å². The van der Waals surface area contributed by atoms with Gasteiger partial charge in [0.05, 0.1) is 25.2 Å². The summed E-state index contributed by atoms with van der Waals surface area (Å²) in [4.78, 5) is 0. The summed E-state index contributed by atoms with van der Waals surface area (Å²) in [7, 11) is -1.57. The van der Waals surface area contributed by atoms with Gasteiger partial charge >= 0.3 is 0 Å². The van der Waals surface area contributed by atoms with E-state index in [0.717, 1.165) is 5.56 Å². The van der Waals surface area contributed by atoms with Crippen LogP contribution in [-0.4, -0.2) is 43.7 Å². The Kier molecular flexibility index (Phi) is 5.73. The molecule has 1 aromatic rings. The van der Waals surface area contributed by atoms with Crippen LogP contribution in [0.4, 0.5) is 0 Å². The quantitative estimate of drug-likeness (QED) is 0.616. The SMILES string of the molecule is CC(NS(=O)(=O)CCOCCN)c1cnn(C)c1. The lowest BCUT2D eigenvalue weighted by atomic mass is 10.2. The van der Waals surface area contributed by atoms with E-state index >= 15 is 0 Å². The molecule has 3 N–H and O–H groups in total. The molecule has 0 aliphatic rings. The Hall–Kier alpha value is -0.960. The maximum atomic E-state index is 11.7. The van der Waals surface area contributed by atoms with Crippen molar-refractivity contribution in [2.24, 2.45) is 12.8 Å². The highest BCUT2D eigenvalue weighted by Gasteiger charge is 2.16.